The van der Waals surface area contributed by atoms with Crippen molar-refractivity contribution < 1.29 is 14.3 Å². The van der Waals surface area contributed by atoms with Crippen LogP contribution in [0, 0.1) is 11.7 Å². The van der Waals surface area contributed by atoms with E-state index in [4.69, 9.17) is 17.3 Å². The van der Waals surface area contributed by atoms with Gasteiger partial charge in [0.15, 0.2) is 17.3 Å². The number of halogens is 2. The van der Waals surface area contributed by atoms with E-state index in [1.54, 1.807) is 13.1 Å². The highest BCUT2D eigenvalue weighted by Gasteiger charge is 2.26. The number of phenols is 1. The summed E-state index contributed by atoms with van der Waals surface area (Å²) in [5, 5.41) is 14.2. The van der Waals surface area contributed by atoms with Crippen molar-refractivity contribution in [1.82, 2.24) is 9.88 Å². The van der Waals surface area contributed by atoms with Crippen LogP contribution in [-0.2, 0) is 0 Å². The monoisotopic (exact) mass is 540 g/mol. The largest absolute Gasteiger partial charge is 0.504 e. The zero-order chi connectivity index (χ0) is 26.1. The summed E-state index contributed by atoms with van der Waals surface area (Å²) in [7, 11) is 0. The van der Waals surface area contributed by atoms with E-state index in [2.05, 4.69) is 15.2 Å². The number of aromatic hydroxyl groups is 1. The maximum Gasteiger partial charge on any atom is 0.170 e. The van der Waals surface area contributed by atoms with Gasteiger partial charge in [0.25, 0.3) is 0 Å². The van der Waals surface area contributed by atoms with Gasteiger partial charge in [0.05, 0.1) is 21.8 Å². The topological polar surface area (TPSA) is 91.5 Å². The Morgan fingerprint density at radius 3 is 2.63 bits per heavy atom. The Morgan fingerprint density at radius 1 is 1.18 bits per heavy atom. The molecular weight excluding hydrogens is 503 g/mol. The lowest BCUT2D eigenvalue weighted by atomic mass is 9.85. The molecule has 6 nitrogen and oxygen atoms in total. The van der Waals surface area contributed by atoms with Crippen molar-refractivity contribution >= 4 is 34.0 Å². The van der Waals surface area contributed by atoms with Gasteiger partial charge in [-0.3, -0.25) is 9.78 Å². The van der Waals surface area contributed by atoms with E-state index < -0.39 is 11.6 Å². The quantitative estimate of drug-likeness (QED) is 0.304. The van der Waals surface area contributed by atoms with Crippen LogP contribution in [-0.4, -0.2) is 52.5 Å². The Labute approximate surface area is 229 Å². The van der Waals surface area contributed by atoms with Crippen molar-refractivity contribution in [3.63, 3.8) is 0 Å². The average molecular weight is 541 g/mol. The summed E-state index contributed by atoms with van der Waals surface area (Å²) < 4.78 is 14.2. The summed E-state index contributed by atoms with van der Waals surface area (Å²) in [6.45, 7) is 4.82. The number of carbonyl (C=O) groups excluding carboxylic acids is 1. The standard InChI is InChI=1S/C29H34ClFN4O2.CH4/c1-17(36)24-14-33-27-9-6-19(20-12-25(30)29(37)26(31)13-20)11-23(27)28(24)34-22-7-4-18(5-8-22)15-35-10-2-3-21(32)16-35;/h6,9,11-14,18,21-22,37H,2-5,7-8,10,15-16,32H2,1H3,(H,33,34);1H4. The van der Waals surface area contributed by atoms with E-state index in [1.165, 1.54) is 18.6 Å². The molecule has 1 unspecified atom stereocenters. The predicted molar refractivity (Wildman–Crippen MR) is 154 cm³/mol. The van der Waals surface area contributed by atoms with Crippen molar-refractivity contribution in [1.29, 1.82) is 0 Å². The van der Waals surface area contributed by atoms with Crippen LogP contribution >= 0.6 is 11.6 Å². The Kier molecular flexibility index (Phi) is 8.91. The van der Waals surface area contributed by atoms with Gasteiger partial charge in [-0.15, -0.1) is 0 Å². The molecule has 204 valence electrons. The van der Waals surface area contributed by atoms with Crippen LogP contribution in [0.2, 0.25) is 5.02 Å². The van der Waals surface area contributed by atoms with Crippen molar-refractivity contribution in [3.8, 4) is 16.9 Å². The molecule has 38 heavy (non-hydrogen) atoms. The lowest BCUT2D eigenvalue weighted by Gasteiger charge is -2.36. The maximum absolute atomic E-state index is 14.2. The fraction of sp³-hybridized carbons (Fsp3) is 0.467. The molecule has 5 rings (SSSR count). The van der Waals surface area contributed by atoms with Crippen LogP contribution in [0.3, 0.4) is 0 Å². The molecule has 1 aromatic heterocycles. The highest BCUT2D eigenvalue weighted by atomic mass is 35.5. The zero-order valence-corrected chi connectivity index (χ0v) is 21.9. The van der Waals surface area contributed by atoms with Gasteiger partial charge >= 0.3 is 0 Å². The summed E-state index contributed by atoms with van der Waals surface area (Å²) in [5.74, 6) is -0.727. The number of hydrogen-bond acceptors (Lipinski definition) is 6. The fourth-order valence-electron chi connectivity index (χ4n) is 5.84. The van der Waals surface area contributed by atoms with Crippen molar-refractivity contribution in [3.05, 3.63) is 52.9 Å². The van der Waals surface area contributed by atoms with Gasteiger partial charge in [0.2, 0.25) is 0 Å². The number of piperidine rings is 1. The first-order chi connectivity index (χ1) is 17.8. The molecule has 4 N–H and O–H groups in total. The number of phenolic OH excluding ortho intramolecular Hbond substituents is 1. The number of nitrogens with two attached hydrogens (primary N) is 1. The molecule has 2 aliphatic rings. The molecule has 0 spiro atoms. The number of ketones is 1. The lowest BCUT2D eigenvalue weighted by Crippen LogP contribution is -2.45. The fourth-order valence-corrected chi connectivity index (χ4v) is 6.05. The molecule has 8 heteroatoms. The molecule has 0 radical (unpaired) electrons. The first kappa shape index (κ1) is 28.3. The average Bonchev–Trinajstić information content (AvgIpc) is 2.88. The number of likely N-dealkylation sites (tertiary alicyclic amines) is 1. The molecule has 2 heterocycles. The molecule has 2 fully saturated rings. The third-order valence-electron chi connectivity index (χ3n) is 7.85. The van der Waals surface area contributed by atoms with Gasteiger partial charge in [-0.2, -0.15) is 0 Å². The summed E-state index contributed by atoms with van der Waals surface area (Å²) in [5.41, 5.74) is 9.50. The molecule has 2 aromatic carbocycles. The predicted octanol–water partition coefficient (Wildman–Crippen LogP) is 6.63. The minimum Gasteiger partial charge on any atom is -0.504 e. The zero-order valence-electron chi connectivity index (χ0n) is 21.1. The van der Waals surface area contributed by atoms with Crippen LogP contribution in [0.25, 0.3) is 22.0 Å². The van der Waals surface area contributed by atoms with E-state index in [1.807, 2.05) is 18.2 Å². The van der Waals surface area contributed by atoms with Crippen LogP contribution in [0.15, 0.2) is 36.5 Å². The van der Waals surface area contributed by atoms with E-state index >= 15 is 0 Å². The van der Waals surface area contributed by atoms with E-state index in [-0.39, 0.29) is 24.3 Å². The van der Waals surface area contributed by atoms with Crippen LogP contribution in [0.4, 0.5) is 10.1 Å². The lowest BCUT2D eigenvalue weighted by molar-refractivity contribution is 0.101. The number of pyridine rings is 1. The van der Waals surface area contributed by atoms with Gasteiger partial charge in [-0.05, 0) is 93.3 Å². The van der Waals surface area contributed by atoms with Crippen molar-refractivity contribution in [2.75, 3.05) is 25.0 Å². The second-order valence-corrected chi connectivity index (χ2v) is 11.1. The number of anilines is 1. The minimum absolute atomic E-state index is 0. The first-order valence-corrected chi connectivity index (χ1v) is 13.5. The Balaban J connectivity index is 0.00000336. The number of fused-ring (bicyclic) bond motifs is 1. The SMILES string of the molecule is C.CC(=O)c1cnc2ccc(-c3cc(F)c(O)c(Cl)c3)cc2c1NC1CCC(CN2CCCC(N)C2)CC1. The molecule has 1 aliphatic carbocycles. The number of carbonyl (C=O) groups is 1. The van der Waals surface area contributed by atoms with Gasteiger partial charge in [-0.25, -0.2) is 4.39 Å². The van der Waals surface area contributed by atoms with Gasteiger partial charge in [0.1, 0.15) is 0 Å². The van der Waals surface area contributed by atoms with Crippen LogP contribution in [0.5, 0.6) is 5.75 Å². The smallest absolute Gasteiger partial charge is 0.170 e. The Hall–Kier alpha value is -2.74. The molecule has 3 aromatic rings. The highest BCUT2D eigenvalue weighted by molar-refractivity contribution is 6.32. The van der Waals surface area contributed by atoms with Crippen molar-refractivity contribution in [2.24, 2.45) is 11.7 Å². The van der Waals surface area contributed by atoms with E-state index in [0.717, 1.165) is 73.9 Å². The minimum atomic E-state index is -0.778. The molecule has 1 saturated carbocycles. The van der Waals surface area contributed by atoms with Gasteiger partial charge in [0, 0.05) is 36.8 Å². The second-order valence-electron chi connectivity index (χ2n) is 10.6. The number of hydrogen-bond donors (Lipinski definition) is 3. The second kappa shape index (κ2) is 12.0. The van der Waals surface area contributed by atoms with E-state index in [9.17, 15) is 14.3 Å². The summed E-state index contributed by atoms with van der Waals surface area (Å²) in [6, 6.07) is 8.96. The Bertz CT molecular complexity index is 1290. The van der Waals surface area contributed by atoms with Gasteiger partial charge < -0.3 is 21.1 Å². The summed E-state index contributed by atoms with van der Waals surface area (Å²) in [4.78, 5) is 19.6. The van der Waals surface area contributed by atoms with E-state index in [0.29, 0.717) is 23.1 Å². The number of aromatic nitrogens is 1. The number of nitrogens with zero attached hydrogens (tertiary/aromatic N) is 2. The third-order valence-corrected chi connectivity index (χ3v) is 8.14. The molecule has 1 atom stereocenters. The third kappa shape index (κ3) is 6.11. The van der Waals surface area contributed by atoms with Crippen molar-refractivity contribution in [2.45, 2.75) is 65.0 Å². The normalized spacial score (nSPS) is 22.2. The van der Waals surface area contributed by atoms with Crippen LogP contribution < -0.4 is 11.1 Å². The highest BCUT2D eigenvalue weighted by Crippen LogP contribution is 2.37. The summed E-state index contributed by atoms with van der Waals surface area (Å²) >= 11 is 6.03. The summed E-state index contributed by atoms with van der Waals surface area (Å²) in [6.07, 6.45) is 8.29. The number of benzene rings is 2. The molecular formula is C30H38ClFN4O2. The first-order valence-electron chi connectivity index (χ1n) is 13.1. The maximum atomic E-state index is 14.2. The molecule has 1 saturated heterocycles. The molecule has 0 bridgehead atoms. The number of rotatable bonds is 6. The Morgan fingerprint density at radius 2 is 1.95 bits per heavy atom. The van der Waals surface area contributed by atoms with Gasteiger partial charge in [-0.1, -0.05) is 25.1 Å². The number of nitrogens with one attached hydrogen (secondary N) is 1. The van der Waals surface area contributed by atoms with Crippen LogP contribution in [0.1, 0.15) is 63.2 Å². The molecule has 0 amide bonds. The number of Topliss-reactive ketones (excluding diaryl/α,β-unsaturated/α-hetero) is 1. The molecule has 1 aliphatic heterocycles.